The third-order valence-corrected chi connectivity index (χ3v) is 7.37. The van der Waals surface area contributed by atoms with E-state index in [-0.39, 0.29) is 12.8 Å². The Kier molecular flexibility index (Phi) is 38.7. The summed E-state index contributed by atoms with van der Waals surface area (Å²) in [5.41, 5.74) is -1.11. The Bertz CT molecular complexity index is 575. The Balaban J connectivity index is -0.000000687. The van der Waals surface area contributed by atoms with Crippen molar-refractivity contribution >= 4 is 17.9 Å². The zero-order valence-electron chi connectivity index (χ0n) is 27.2. The molecule has 0 atom stereocenters. The summed E-state index contributed by atoms with van der Waals surface area (Å²) in [5.74, 6) is -2.39. The Labute approximate surface area is 260 Å². The highest BCUT2D eigenvalue weighted by Gasteiger charge is 2.26. The Hall–Kier alpha value is -1.75. The van der Waals surface area contributed by atoms with Crippen LogP contribution in [0.15, 0.2) is 0 Å². The molecule has 10 heteroatoms. The predicted octanol–water partition coefficient (Wildman–Crippen LogP) is 6.55. The van der Waals surface area contributed by atoms with Gasteiger partial charge < -0.3 is 35.7 Å². The van der Waals surface area contributed by atoms with Gasteiger partial charge in [-0.15, -0.1) is 0 Å². The van der Waals surface area contributed by atoms with E-state index in [0.717, 1.165) is 12.8 Å². The Morgan fingerprint density at radius 3 is 0.721 bits per heavy atom. The molecule has 0 radical (unpaired) electrons. The third kappa shape index (κ3) is 40.2. The third-order valence-electron chi connectivity index (χ3n) is 7.37. The van der Waals surface area contributed by atoms with Crippen LogP contribution < -0.4 is 0 Å². The summed E-state index contributed by atoms with van der Waals surface area (Å²) < 4.78 is 0. The molecular weight excluding hydrogens is 556 g/mol. The number of aliphatic hydroxyl groups excluding tert-OH is 4. The van der Waals surface area contributed by atoms with Crippen LogP contribution in [0.1, 0.15) is 161 Å². The summed E-state index contributed by atoms with van der Waals surface area (Å²) in [6, 6.07) is 0. The molecule has 10 nitrogen and oxygen atoms in total. The lowest BCUT2D eigenvalue weighted by atomic mass is 9.93. The number of unbranched alkanes of at least 4 members (excludes halogenated alkanes) is 19. The van der Waals surface area contributed by atoms with Gasteiger partial charge in [0.15, 0.2) is 0 Å². The second-order valence-corrected chi connectivity index (χ2v) is 11.6. The van der Waals surface area contributed by atoms with Crippen molar-refractivity contribution in [2.45, 2.75) is 161 Å². The molecule has 0 rings (SSSR count). The summed E-state index contributed by atoms with van der Waals surface area (Å²) in [7, 11) is 0. The van der Waals surface area contributed by atoms with Gasteiger partial charge >= 0.3 is 17.9 Å². The number of aliphatic carboxylic acids is 3. The van der Waals surface area contributed by atoms with Crippen LogP contribution in [-0.2, 0) is 14.4 Å². The first-order valence-corrected chi connectivity index (χ1v) is 16.7. The second kappa shape index (κ2) is 36.4. The average molecular weight is 623 g/mol. The lowest BCUT2D eigenvalue weighted by Gasteiger charge is -2.23. The van der Waals surface area contributed by atoms with Gasteiger partial charge in [0.2, 0.25) is 0 Å². The topological polar surface area (TPSA) is 193 Å². The van der Waals surface area contributed by atoms with Crippen molar-refractivity contribution in [3.8, 4) is 0 Å². The Morgan fingerprint density at radius 1 is 0.372 bits per heavy atom. The molecule has 0 saturated heterocycles. The molecule has 0 fully saturated rings. The molecule has 0 aromatic heterocycles. The normalized spacial score (nSPS) is 10.8. The lowest BCUT2D eigenvalue weighted by Crippen LogP contribution is -2.37. The van der Waals surface area contributed by atoms with Gasteiger partial charge in [-0.2, -0.15) is 0 Å². The summed E-state index contributed by atoms with van der Waals surface area (Å²) in [6.07, 6.45) is 27.1. The van der Waals surface area contributed by atoms with Crippen LogP contribution in [0.4, 0.5) is 0 Å². The number of rotatable bonds is 29. The molecule has 258 valence electrons. The smallest absolute Gasteiger partial charge is 0.303 e. The van der Waals surface area contributed by atoms with Crippen LogP contribution in [-0.4, -0.2) is 80.1 Å². The van der Waals surface area contributed by atoms with Gasteiger partial charge in [0.1, 0.15) is 0 Å². The van der Waals surface area contributed by atoms with Gasteiger partial charge in [0, 0.05) is 19.3 Å². The van der Waals surface area contributed by atoms with Crippen molar-refractivity contribution in [3.05, 3.63) is 0 Å². The largest absolute Gasteiger partial charge is 0.481 e. The van der Waals surface area contributed by atoms with Gasteiger partial charge in [0.25, 0.3) is 0 Å². The van der Waals surface area contributed by atoms with Crippen molar-refractivity contribution in [3.63, 3.8) is 0 Å². The molecule has 0 aromatic carbocycles. The van der Waals surface area contributed by atoms with Gasteiger partial charge in [-0.1, -0.05) is 122 Å². The van der Waals surface area contributed by atoms with E-state index in [1.165, 1.54) is 109 Å². The number of hydrogen-bond acceptors (Lipinski definition) is 7. The van der Waals surface area contributed by atoms with E-state index in [4.69, 9.17) is 35.7 Å². The van der Waals surface area contributed by atoms with E-state index in [1.807, 2.05) is 0 Å². The van der Waals surface area contributed by atoms with Gasteiger partial charge in [-0.05, 0) is 19.3 Å². The molecule has 0 aliphatic carbocycles. The van der Waals surface area contributed by atoms with Gasteiger partial charge in [-0.3, -0.25) is 14.4 Å². The van der Waals surface area contributed by atoms with Crippen LogP contribution in [0, 0.1) is 5.41 Å². The number of carbonyl (C=O) groups is 3. The molecular formula is C33H66O10. The highest BCUT2D eigenvalue weighted by molar-refractivity contribution is 5.68. The number of hydrogen-bond donors (Lipinski definition) is 7. The summed E-state index contributed by atoms with van der Waals surface area (Å²) >= 11 is 0. The molecule has 0 saturated carbocycles. The van der Waals surface area contributed by atoms with Crippen molar-refractivity contribution in [2.24, 2.45) is 5.41 Å². The lowest BCUT2D eigenvalue weighted by molar-refractivity contribution is -0.139. The van der Waals surface area contributed by atoms with Crippen molar-refractivity contribution in [1.82, 2.24) is 0 Å². The van der Waals surface area contributed by atoms with Crippen molar-refractivity contribution < 1.29 is 50.1 Å². The summed E-state index contributed by atoms with van der Waals surface area (Å²) in [5, 5.41) is 58.8. The number of carboxylic acid groups (broad SMARTS) is 3. The van der Waals surface area contributed by atoms with Gasteiger partial charge in [-0.25, -0.2) is 0 Å². The van der Waals surface area contributed by atoms with Crippen LogP contribution >= 0.6 is 0 Å². The minimum absolute atomic E-state index is 0.0628. The predicted molar refractivity (Wildman–Crippen MR) is 170 cm³/mol. The van der Waals surface area contributed by atoms with Crippen LogP contribution in [0.25, 0.3) is 0 Å². The van der Waals surface area contributed by atoms with E-state index >= 15 is 0 Å². The molecule has 0 aromatic rings. The maximum absolute atomic E-state index is 10.4. The zero-order valence-corrected chi connectivity index (χ0v) is 27.2. The van der Waals surface area contributed by atoms with E-state index in [2.05, 4.69) is 6.92 Å². The van der Waals surface area contributed by atoms with Crippen LogP contribution in [0.5, 0.6) is 0 Å². The van der Waals surface area contributed by atoms with Crippen molar-refractivity contribution in [2.75, 3.05) is 26.4 Å². The van der Waals surface area contributed by atoms with Gasteiger partial charge in [0.05, 0.1) is 31.8 Å². The van der Waals surface area contributed by atoms with E-state index in [0.29, 0.717) is 19.3 Å². The minimum Gasteiger partial charge on any atom is -0.481 e. The average Bonchev–Trinajstić information content (AvgIpc) is 2.98. The summed E-state index contributed by atoms with van der Waals surface area (Å²) in [4.78, 5) is 30.2. The SMILES string of the molecule is CCCCCCCCCCCCCCCCCCCCCC(=O)O.O=C(O)CCCCC(=O)O.OCC(CO)(CO)CO. The number of carboxylic acids is 3. The standard InChI is InChI=1S/C22H44O2.C6H10O4.C5H12O4/c1-2-3-4-5-6-7-8-9-10-11-12-13-14-15-16-17-18-19-20-21-22(23)24;7-5(8)3-1-2-4-6(9)10;6-1-5(2-7,3-8)4-9/h2-21H2,1H3,(H,23,24);1-4H2,(H,7,8)(H,9,10);6-9H,1-4H2. The molecule has 43 heavy (non-hydrogen) atoms. The van der Waals surface area contributed by atoms with E-state index < -0.39 is 49.8 Å². The maximum atomic E-state index is 10.4. The summed E-state index contributed by atoms with van der Waals surface area (Å²) in [6.45, 7) is 0.658. The Morgan fingerprint density at radius 2 is 0.558 bits per heavy atom. The first kappa shape index (κ1) is 45.7. The van der Waals surface area contributed by atoms with Crippen molar-refractivity contribution in [1.29, 1.82) is 0 Å². The molecule has 0 spiro atoms. The molecule has 0 heterocycles. The van der Waals surface area contributed by atoms with Crippen LogP contribution in [0.3, 0.4) is 0 Å². The highest BCUT2D eigenvalue weighted by atomic mass is 16.4. The second-order valence-electron chi connectivity index (χ2n) is 11.6. The number of aliphatic hydroxyl groups is 4. The first-order valence-electron chi connectivity index (χ1n) is 16.7. The van der Waals surface area contributed by atoms with E-state index in [1.54, 1.807) is 0 Å². The first-order chi connectivity index (χ1) is 20.6. The minimum atomic E-state index is -1.11. The zero-order chi connectivity index (χ0) is 33.0. The maximum Gasteiger partial charge on any atom is 0.303 e. The fraction of sp³-hybridized carbons (Fsp3) is 0.909. The molecule has 0 unspecified atom stereocenters. The fourth-order valence-electron chi connectivity index (χ4n) is 4.21. The molecule has 7 N–H and O–H groups in total. The van der Waals surface area contributed by atoms with Crippen LogP contribution in [0.2, 0.25) is 0 Å². The van der Waals surface area contributed by atoms with E-state index in [9.17, 15) is 14.4 Å². The quantitative estimate of drug-likeness (QED) is 0.0450. The molecule has 0 aliphatic heterocycles. The molecule has 0 amide bonds. The molecule has 0 bridgehead atoms. The fourth-order valence-corrected chi connectivity index (χ4v) is 4.21. The molecule has 0 aliphatic rings. The monoisotopic (exact) mass is 622 g/mol. The highest BCUT2D eigenvalue weighted by Crippen LogP contribution is 2.15.